The van der Waals surface area contributed by atoms with E-state index in [1.807, 2.05) is 53.5 Å². The van der Waals surface area contributed by atoms with Gasteiger partial charge in [-0.2, -0.15) is 0 Å². The molecule has 0 radical (unpaired) electrons. The smallest absolute Gasteiger partial charge is 0.335 e. The number of hydrogen-bond acceptors (Lipinski definition) is 13. The second-order valence-corrected chi connectivity index (χ2v) is 18.2. The lowest BCUT2D eigenvalue weighted by Gasteiger charge is -2.31. The molecule has 0 unspecified atom stereocenters. The number of Topliss-reactive ketones (excluding diaryl/α,β-unsaturated/α-hetero) is 1. The first-order valence-electron chi connectivity index (χ1n) is 23.8. The van der Waals surface area contributed by atoms with Gasteiger partial charge < -0.3 is 24.9 Å². The number of nitrogens with two attached hydrogens (primary N) is 1. The molecule has 2 aromatic carbocycles. The summed E-state index contributed by atoms with van der Waals surface area (Å²) in [4.78, 5) is 63.0. The SMILES string of the molecule is CN1CCN(CC(=O)c2ccc(-c3c(F)cnc4[nH]c5cnc(-c6cccnc6)cc5c34)cc2)CC1.CN1CCN(N)CC1.O=C(O)c1ccc(-c2c(F)cnc3[nH]c4cnc(-c5cccnc5)cc4c23)cc1. The first-order valence-corrected chi connectivity index (χ1v) is 23.8. The second-order valence-electron chi connectivity index (χ2n) is 18.2. The van der Waals surface area contributed by atoms with Crippen molar-refractivity contribution in [2.24, 2.45) is 5.84 Å². The maximum absolute atomic E-state index is 15.3. The predicted molar refractivity (Wildman–Crippen MR) is 279 cm³/mol. The van der Waals surface area contributed by atoms with Crippen molar-refractivity contribution < 1.29 is 23.5 Å². The molecule has 2 saturated heterocycles. The summed E-state index contributed by atoms with van der Waals surface area (Å²) in [5.41, 5.74) is 8.65. The topological polar surface area (TPSA) is 202 Å². The molecule has 18 heteroatoms. The summed E-state index contributed by atoms with van der Waals surface area (Å²) in [5.74, 6) is 3.65. The molecule has 5 N–H and O–H groups in total. The van der Waals surface area contributed by atoms with E-state index in [1.54, 1.807) is 61.4 Å². The van der Waals surface area contributed by atoms with Crippen molar-refractivity contribution in [3.05, 3.63) is 157 Å². The number of fused-ring (bicyclic) bond motifs is 6. The number of hydrazine groups is 1. The van der Waals surface area contributed by atoms with Crippen molar-refractivity contribution in [2.45, 2.75) is 0 Å². The maximum atomic E-state index is 15.3. The van der Waals surface area contributed by atoms with E-state index in [1.165, 1.54) is 18.3 Å². The summed E-state index contributed by atoms with van der Waals surface area (Å²) in [6, 6.07) is 24.7. The van der Waals surface area contributed by atoms with Gasteiger partial charge in [-0.05, 0) is 73.8 Å². The number of piperazine rings is 2. The first kappa shape index (κ1) is 48.4. The van der Waals surface area contributed by atoms with Gasteiger partial charge in [-0.3, -0.25) is 35.5 Å². The van der Waals surface area contributed by atoms with Crippen LogP contribution in [0.15, 0.2) is 135 Å². The van der Waals surface area contributed by atoms with Crippen LogP contribution in [0.2, 0.25) is 0 Å². The van der Waals surface area contributed by atoms with E-state index in [2.05, 4.69) is 68.7 Å². The standard InChI is InChI=1S/C28H25FN6O.C22H13FN4O2.C5H13N3/c1-34-9-11-35(12-10-34)17-25(36)18-4-6-19(7-5-18)26-22(29)15-32-28-27(26)21-13-23(31-16-24(21)33-28)20-3-2-8-30-14-20;23-16-10-26-21-20(19(16)12-3-5-13(6-4-12)22(28)29)15-8-17(25-11-18(15)27-21)14-2-1-7-24-9-14;1-7-2-4-8(6)5-3-7/h2-8,13-16H,9-12,17H2,1H3,(H,32,33);1-11H,(H,26,27)(H,28,29);2-6H2,1H3. The van der Waals surface area contributed by atoms with E-state index in [4.69, 9.17) is 10.9 Å². The number of carboxylic acid groups (broad SMARTS) is 1. The Morgan fingerprint density at radius 3 is 1.45 bits per heavy atom. The largest absolute Gasteiger partial charge is 0.478 e. The molecule has 10 heterocycles. The zero-order chi connectivity index (χ0) is 50.6. The lowest BCUT2D eigenvalue weighted by Crippen LogP contribution is -2.47. The first-order chi connectivity index (χ1) is 35.5. The van der Waals surface area contributed by atoms with Gasteiger partial charge in [0.1, 0.15) is 22.9 Å². The van der Waals surface area contributed by atoms with Crippen LogP contribution in [0.1, 0.15) is 20.7 Å². The predicted octanol–water partition coefficient (Wildman–Crippen LogP) is 8.19. The number of pyridine rings is 6. The molecule has 0 atom stereocenters. The fourth-order valence-corrected chi connectivity index (χ4v) is 9.10. The minimum Gasteiger partial charge on any atom is -0.478 e. The Labute approximate surface area is 418 Å². The molecule has 12 rings (SSSR count). The number of aromatic amines is 2. The number of benzene rings is 2. The van der Waals surface area contributed by atoms with Gasteiger partial charge in [0, 0.05) is 127 Å². The van der Waals surface area contributed by atoms with E-state index >= 15 is 4.39 Å². The fourth-order valence-electron chi connectivity index (χ4n) is 9.10. The highest BCUT2D eigenvalue weighted by molar-refractivity contribution is 6.15. The Balaban J connectivity index is 0.000000148. The van der Waals surface area contributed by atoms with E-state index in [0.29, 0.717) is 62.1 Å². The van der Waals surface area contributed by atoms with Crippen LogP contribution in [0.3, 0.4) is 0 Å². The van der Waals surface area contributed by atoms with Gasteiger partial charge in [0.05, 0.1) is 59.3 Å². The van der Waals surface area contributed by atoms with Crippen LogP contribution in [-0.2, 0) is 0 Å². The average Bonchev–Trinajstić information content (AvgIpc) is 3.99. The van der Waals surface area contributed by atoms with Gasteiger partial charge in [0.15, 0.2) is 5.78 Å². The zero-order valence-electron chi connectivity index (χ0n) is 40.1. The van der Waals surface area contributed by atoms with Gasteiger partial charge >= 0.3 is 5.97 Å². The number of nitrogens with one attached hydrogen (secondary N) is 2. The van der Waals surface area contributed by atoms with Gasteiger partial charge in [0.25, 0.3) is 0 Å². The van der Waals surface area contributed by atoms with Crippen LogP contribution < -0.4 is 5.84 Å². The number of ketones is 1. The molecule has 0 spiro atoms. The van der Waals surface area contributed by atoms with Crippen LogP contribution in [0.25, 0.3) is 88.6 Å². The quantitative estimate of drug-likeness (QED) is 0.0838. The van der Waals surface area contributed by atoms with Gasteiger partial charge in [-0.1, -0.05) is 36.4 Å². The summed E-state index contributed by atoms with van der Waals surface area (Å²) in [7, 11) is 4.21. The molecule has 2 fully saturated rings. The summed E-state index contributed by atoms with van der Waals surface area (Å²) in [6.45, 7) is 8.33. The summed E-state index contributed by atoms with van der Waals surface area (Å²) in [5, 5.41) is 13.9. The van der Waals surface area contributed by atoms with Crippen LogP contribution in [0.5, 0.6) is 0 Å². The van der Waals surface area contributed by atoms with Crippen molar-refractivity contribution in [3.63, 3.8) is 0 Å². The average molecular weight is 980 g/mol. The molecule has 0 saturated carbocycles. The number of hydrogen-bond donors (Lipinski definition) is 4. The molecule has 10 aromatic rings. The van der Waals surface area contributed by atoms with Gasteiger partial charge in [-0.15, -0.1) is 0 Å². The molecular weight excluding hydrogens is 929 g/mol. The summed E-state index contributed by atoms with van der Waals surface area (Å²) >= 11 is 0. The van der Waals surface area contributed by atoms with E-state index in [9.17, 15) is 14.0 Å². The Bertz CT molecular complexity index is 3570. The van der Waals surface area contributed by atoms with Gasteiger partial charge in [0.2, 0.25) is 0 Å². The van der Waals surface area contributed by atoms with E-state index in [-0.39, 0.29) is 11.3 Å². The highest BCUT2D eigenvalue weighted by Crippen LogP contribution is 2.38. The summed E-state index contributed by atoms with van der Waals surface area (Å²) in [6.07, 6.45) is 12.7. The number of aromatic carboxylic acids is 1. The number of aromatic nitrogens is 8. The third-order valence-corrected chi connectivity index (χ3v) is 13.2. The number of likely N-dealkylation sites (N-methyl/N-ethyl adjacent to an activating group) is 2. The van der Waals surface area contributed by atoms with Crippen molar-refractivity contribution in [1.82, 2.24) is 59.6 Å². The highest BCUT2D eigenvalue weighted by atomic mass is 19.1. The Morgan fingerprint density at radius 1 is 0.575 bits per heavy atom. The lowest BCUT2D eigenvalue weighted by molar-refractivity contribution is 0.0696. The van der Waals surface area contributed by atoms with E-state index < -0.39 is 17.6 Å². The molecule has 368 valence electrons. The molecule has 0 amide bonds. The van der Waals surface area contributed by atoms with Crippen molar-refractivity contribution in [3.8, 4) is 44.8 Å². The third-order valence-electron chi connectivity index (χ3n) is 13.2. The molecule has 0 aliphatic carbocycles. The highest BCUT2D eigenvalue weighted by Gasteiger charge is 2.21. The third kappa shape index (κ3) is 10.6. The zero-order valence-corrected chi connectivity index (χ0v) is 40.1. The molecule has 8 aromatic heterocycles. The second kappa shape index (κ2) is 21.2. The van der Waals surface area contributed by atoms with Crippen molar-refractivity contribution in [1.29, 1.82) is 0 Å². The minimum absolute atomic E-state index is 0.0748. The van der Waals surface area contributed by atoms with Crippen LogP contribution in [-0.4, -0.2) is 149 Å². The number of halogens is 2. The number of rotatable bonds is 8. The Kier molecular flexibility index (Phi) is 14.1. The maximum Gasteiger partial charge on any atom is 0.335 e. The summed E-state index contributed by atoms with van der Waals surface area (Å²) < 4.78 is 30.1. The van der Waals surface area contributed by atoms with Crippen molar-refractivity contribution >= 4 is 55.6 Å². The van der Waals surface area contributed by atoms with Gasteiger partial charge in [-0.25, -0.2) is 28.6 Å². The number of carboxylic acids is 1. The number of carbonyl (C=O) groups is 2. The van der Waals surface area contributed by atoms with Crippen molar-refractivity contribution in [2.75, 3.05) is 73.0 Å². The minimum atomic E-state index is -1.03. The molecule has 0 bridgehead atoms. The Hall–Kier alpha value is -8.26. The molecule has 2 aliphatic rings. The van der Waals surface area contributed by atoms with Crippen LogP contribution in [0.4, 0.5) is 8.78 Å². The molecule has 73 heavy (non-hydrogen) atoms. The Morgan fingerprint density at radius 2 is 1.03 bits per heavy atom. The normalized spacial score (nSPS) is 14.8. The van der Waals surface area contributed by atoms with Crippen LogP contribution >= 0.6 is 0 Å². The molecule has 16 nitrogen and oxygen atoms in total. The van der Waals surface area contributed by atoms with Crippen LogP contribution in [0, 0.1) is 11.6 Å². The van der Waals surface area contributed by atoms with E-state index in [0.717, 1.165) is 97.2 Å². The molecule has 2 aliphatic heterocycles. The number of H-pyrrole nitrogens is 2. The number of carbonyl (C=O) groups excluding carboxylic acids is 1. The number of nitrogens with zero attached hydrogens (tertiary/aromatic N) is 10. The fraction of sp³-hybridized carbons (Fsp3) is 0.200. The lowest BCUT2D eigenvalue weighted by atomic mass is 9.98. The molecular formula is C55H51F2N13O3. The monoisotopic (exact) mass is 979 g/mol.